The Balaban J connectivity index is 2.44. The van der Waals surface area contributed by atoms with Crippen molar-refractivity contribution in [3.8, 4) is 0 Å². The van der Waals surface area contributed by atoms with Gasteiger partial charge in [-0.3, -0.25) is 4.99 Å². The van der Waals surface area contributed by atoms with Crippen LogP contribution in [0.25, 0.3) is 0 Å². The zero-order valence-corrected chi connectivity index (χ0v) is 16.7. The molecule has 0 bridgehead atoms. The molecule has 7 nitrogen and oxygen atoms in total. The number of ether oxygens (including phenoxy) is 2. The summed E-state index contributed by atoms with van der Waals surface area (Å²) in [5.41, 5.74) is -0.627. The molecule has 0 aliphatic carbocycles. The van der Waals surface area contributed by atoms with Gasteiger partial charge in [0.15, 0.2) is 5.96 Å². The second-order valence-corrected chi connectivity index (χ2v) is 7.84. The van der Waals surface area contributed by atoms with Gasteiger partial charge in [-0.15, -0.1) is 0 Å². The average molecular weight is 357 g/mol. The molecule has 3 N–H and O–H groups in total. The summed E-state index contributed by atoms with van der Waals surface area (Å²) >= 11 is 0. The largest absolute Gasteiger partial charge is 0.444 e. The van der Waals surface area contributed by atoms with Crippen molar-refractivity contribution in [2.24, 2.45) is 4.99 Å². The standard InChI is InChI=1S/C18H36N4O3/c1-7-9-14(22-16(23)25-17(2,3)4)12-20-15(19-6)21-13-18(5)10-8-11-24-18/h14H,7-13H2,1-6H3,(H,22,23)(H2,19,20,21). The van der Waals surface area contributed by atoms with Gasteiger partial charge in [0.1, 0.15) is 5.60 Å². The molecule has 1 amide bonds. The van der Waals surface area contributed by atoms with E-state index in [1.807, 2.05) is 20.8 Å². The van der Waals surface area contributed by atoms with Crippen LogP contribution in [0.4, 0.5) is 4.79 Å². The van der Waals surface area contributed by atoms with E-state index in [2.05, 4.69) is 34.8 Å². The lowest BCUT2D eigenvalue weighted by Gasteiger charge is -2.26. The maximum absolute atomic E-state index is 12.0. The highest BCUT2D eigenvalue weighted by Crippen LogP contribution is 2.23. The minimum Gasteiger partial charge on any atom is -0.444 e. The molecule has 0 radical (unpaired) electrons. The number of alkyl carbamates (subject to hydrolysis) is 1. The highest BCUT2D eigenvalue weighted by atomic mass is 16.6. The SMILES string of the molecule is CCCC(CNC(=NC)NCC1(C)CCCO1)NC(=O)OC(C)(C)C. The second kappa shape index (κ2) is 9.85. The second-order valence-electron chi connectivity index (χ2n) is 7.84. The quantitative estimate of drug-likeness (QED) is 0.482. The van der Waals surface area contributed by atoms with E-state index < -0.39 is 5.60 Å². The van der Waals surface area contributed by atoms with Crippen LogP contribution in [0.3, 0.4) is 0 Å². The summed E-state index contributed by atoms with van der Waals surface area (Å²) in [7, 11) is 1.74. The van der Waals surface area contributed by atoms with Crippen LogP contribution >= 0.6 is 0 Å². The molecule has 1 aliphatic rings. The zero-order valence-electron chi connectivity index (χ0n) is 16.7. The van der Waals surface area contributed by atoms with Crippen LogP contribution in [0.5, 0.6) is 0 Å². The number of guanidine groups is 1. The number of amides is 1. The lowest BCUT2D eigenvalue weighted by molar-refractivity contribution is 0.0243. The first-order valence-corrected chi connectivity index (χ1v) is 9.25. The molecule has 146 valence electrons. The van der Waals surface area contributed by atoms with Crippen LogP contribution < -0.4 is 16.0 Å². The molecule has 0 aromatic heterocycles. The maximum atomic E-state index is 12.0. The van der Waals surface area contributed by atoms with Crippen LogP contribution in [-0.2, 0) is 9.47 Å². The minimum atomic E-state index is -0.497. The van der Waals surface area contributed by atoms with E-state index in [-0.39, 0.29) is 17.7 Å². The fourth-order valence-corrected chi connectivity index (χ4v) is 2.74. The molecule has 1 aliphatic heterocycles. The van der Waals surface area contributed by atoms with Crippen molar-refractivity contribution in [1.29, 1.82) is 0 Å². The molecule has 1 heterocycles. The van der Waals surface area contributed by atoms with Crippen molar-refractivity contribution in [2.45, 2.75) is 77.5 Å². The summed E-state index contributed by atoms with van der Waals surface area (Å²) in [5, 5.41) is 9.52. The Morgan fingerprint density at radius 2 is 2.08 bits per heavy atom. The number of carbonyl (C=O) groups excluding carboxylic acids is 1. The predicted molar refractivity (Wildman–Crippen MR) is 101 cm³/mol. The first-order chi connectivity index (χ1) is 11.7. The monoisotopic (exact) mass is 356 g/mol. The van der Waals surface area contributed by atoms with Crippen LogP contribution in [0.1, 0.15) is 60.3 Å². The van der Waals surface area contributed by atoms with Crippen LogP contribution in [-0.4, -0.2) is 56.0 Å². The summed E-state index contributed by atoms with van der Waals surface area (Å²) in [5.74, 6) is 0.712. The molecule has 1 fully saturated rings. The van der Waals surface area contributed by atoms with Crippen molar-refractivity contribution >= 4 is 12.1 Å². The van der Waals surface area contributed by atoms with E-state index in [1.54, 1.807) is 7.05 Å². The zero-order chi connectivity index (χ0) is 18.9. The van der Waals surface area contributed by atoms with E-state index in [4.69, 9.17) is 9.47 Å². The number of hydrogen-bond acceptors (Lipinski definition) is 4. The minimum absolute atomic E-state index is 0.0169. The van der Waals surface area contributed by atoms with E-state index in [0.29, 0.717) is 19.0 Å². The lowest BCUT2D eigenvalue weighted by Crippen LogP contribution is -2.50. The Kier molecular flexibility index (Phi) is 8.48. The molecule has 0 saturated carbocycles. The van der Waals surface area contributed by atoms with E-state index in [1.165, 1.54) is 0 Å². The highest BCUT2D eigenvalue weighted by Gasteiger charge is 2.29. The number of nitrogens with zero attached hydrogens (tertiary/aromatic N) is 1. The fourth-order valence-electron chi connectivity index (χ4n) is 2.74. The summed E-state index contributed by atoms with van der Waals surface area (Å²) in [6, 6.07) is -0.0169. The van der Waals surface area contributed by atoms with Gasteiger partial charge >= 0.3 is 6.09 Å². The number of hydrogen-bond donors (Lipinski definition) is 3. The molecular formula is C18H36N4O3. The number of rotatable bonds is 7. The Morgan fingerprint density at radius 3 is 2.60 bits per heavy atom. The smallest absolute Gasteiger partial charge is 0.407 e. The lowest BCUT2D eigenvalue weighted by atomic mass is 10.0. The molecule has 0 aromatic rings. The molecule has 0 spiro atoms. The van der Waals surface area contributed by atoms with Gasteiger partial charge in [-0.1, -0.05) is 13.3 Å². The van der Waals surface area contributed by atoms with Gasteiger partial charge in [0.2, 0.25) is 0 Å². The van der Waals surface area contributed by atoms with E-state index in [0.717, 1.165) is 32.3 Å². The molecule has 0 aromatic carbocycles. The molecule has 1 rings (SSSR count). The van der Waals surface area contributed by atoms with Crippen molar-refractivity contribution in [1.82, 2.24) is 16.0 Å². The van der Waals surface area contributed by atoms with Crippen LogP contribution in [0.15, 0.2) is 4.99 Å². The Bertz CT molecular complexity index is 440. The topological polar surface area (TPSA) is 84.0 Å². The van der Waals surface area contributed by atoms with Crippen molar-refractivity contribution in [3.05, 3.63) is 0 Å². The Hall–Kier alpha value is -1.50. The van der Waals surface area contributed by atoms with Gasteiger partial charge < -0.3 is 25.4 Å². The summed E-state index contributed by atoms with van der Waals surface area (Å²) < 4.78 is 11.1. The average Bonchev–Trinajstić information content (AvgIpc) is 2.92. The highest BCUT2D eigenvalue weighted by molar-refractivity contribution is 5.79. The predicted octanol–water partition coefficient (Wildman–Crippen LogP) is 2.41. The van der Waals surface area contributed by atoms with Gasteiger partial charge in [-0.05, 0) is 47.0 Å². The van der Waals surface area contributed by atoms with Crippen LogP contribution in [0, 0.1) is 0 Å². The van der Waals surface area contributed by atoms with Crippen molar-refractivity contribution in [3.63, 3.8) is 0 Å². The van der Waals surface area contributed by atoms with Gasteiger partial charge in [0.25, 0.3) is 0 Å². The molecule has 25 heavy (non-hydrogen) atoms. The Morgan fingerprint density at radius 1 is 1.36 bits per heavy atom. The van der Waals surface area contributed by atoms with Gasteiger partial charge in [0.05, 0.1) is 5.60 Å². The summed E-state index contributed by atoms with van der Waals surface area (Å²) in [6.07, 6.45) is 3.60. The molecule has 2 unspecified atom stereocenters. The van der Waals surface area contributed by atoms with Gasteiger partial charge in [0, 0.05) is 32.8 Å². The number of aliphatic imine (C=N–C) groups is 1. The number of nitrogens with one attached hydrogen (secondary N) is 3. The van der Waals surface area contributed by atoms with E-state index >= 15 is 0 Å². The maximum Gasteiger partial charge on any atom is 0.407 e. The third-order valence-corrected chi connectivity index (χ3v) is 4.03. The summed E-state index contributed by atoms with van der Waals surface area (Å²) in [6.45, 7) is 11.9. The fraction of sp³-hybridized carbons (Fsp3) is 0.889. The third-order valence-electron chi connectivity index (χ3n) is 4.03. The molecule has 1 saturated heterocycles. The third kappa shape index (κ3) is 8.95. The molecule has 2 atom stereocenters. The summed E-state index contributed by atoms with van der Waals surface area (Å²) in [4.78, 5) is 16.2. The van der Waals surface area contributed by atoms with Gasteiger partial charge in [-0.25, -0.2) is 4.79 Å². The first kappa shape index (κ1) is 21.5. The van der Waals surface area contributed by atoms with Crippen molar-refractivity contribution in [2.75, 3.05) is 26.7 Å². The molecule has 7 heteroatoms. The Labute approximate surface area is 152 Å². The van der Waals surface area contributed by atoms with Crippen LogP contribution in [0.2, 0.25) is 0 Å². The van der Waals surface area contributed by atoms with Gasteiger partial charge in [-0.2, -0.15) is 0 Å². The number of carbonyl (C=O) groups is 1. The normalized spacial score (nSPS) is 22.4. The first-order valence-electron chi connectivity index (χ1n) is 9.25. The van der Waals surface area contributed by atoms with E-state index in [9.17, 15) is 4.79 Å². The van der Waals surface area contributed by atoms with Crippen molar-refractivity contribution < 1.29 is 14.3 Å². The molecular weight excluding hydrogens is 320 g/mol.